The summed E-state index contributed by atoms with van der Waals surface area (Å²) in [4.78, 5) is 11.7. The minimum absolute atomic E-state index is 0.301. The van der Waals surface area contributed by atoms with Crippen molar-refractivity contribution >= 4 is 23.2 Å². The van der Waals surface area contributed by atoms with Crippen LogP contribution in [0.3, 0.4) is 0 Å². The summed E-state index contributed by atoms with van der Waals surface area (Å²) in [6.45, 7) is 2.08. The second kappa shape index (κ2) is 4.24. The van der Waals surface area contributed by atoms with Gasteiger partial charge in [-0.2, -0.15) is 0 Å². The number of fused-ring (bicyclic) bond motifs is 1. The third-order valence-corrected chi connectivity index (χ3v) is 3.36. The van der Waals surface area contributed by atoms with E-state index in [0.717, 1.165) is 18.7 Å². The first-order valence-electron chi connectivity index (χ1n) is 5.92. The summed E-state index contributed by atoms with van der Waals surface area (Å²) in [7, 11) is 0. The Morgan fingerprint density at radius 1 is 1.56 bits per heavy atom. The van der Waals surface area contributed by atoms with Crippen molar-refractivity contribution in [2.45, 2.75) is 25.7 Å². The van der Waals surface area contributed by atoms with E-state index in [1.807, 2.05) is 4.40 Å². The Kier molecular flexibility index (Phi) is 2.70. The van der Waals surface area contributed by atoms with Crippen molar-refractivity contribution in [1.29, 1.82) is 0 Å². The van der Waals surface area contributed by atoms with Crippen molar-refractivity contribution in [2.75, 3.05) is 6.61 Å². The lowest BCUT2D eigenvalue weighted by molar-refractivity contribution is 0.0526. The summed E-state index contributed by atoms with van der Waals surface area (Å²) in [6, 6.07) is 1.66. The van der Waals surface area contributed by atoms with Crippen LogP contribution < -0.4 is 0 Å². The van der Waals surface area contributed by atoms with Gasteiger partial charge in [0.2, 0.25) is 0 Å². The quantitative estimate of drug-likeness (QED) is 0.800. The number of pyridine rings is 1. The summed E-state index contributed by atoms with van der Waals surface area (Å²) >= 11 is 6.19. The molecule has 0 atom stereocenters. The molecule has 2 aromatic rings. The number of carbonyl (C=O) groups excluding carboxylic acids is 1. The zero-order valence-electron chi connectivity index (χ0n) is 9.89. The Labute approximate surface area is 109 Å². The molecule has 0 aromatic carbocycles. The van der Waals surface area contributed by atoms with Crippen LogP contribution in [0.4, 0.5) is 0 Å². The van der Waals surface area contributed by atoms with Crippen LogP contribution in [0.15, 0.2) is 12.3 Å². The molecule has 0 N–H and O–H groups in total. The van der Waals surface area contributed by atoms with E-state index in [1.165, 1.54) is 0 Å². The number of esters is 1. The minimum atomic E-state index is -0.430. The van der Waals surface area contributed by atoms with Crippen LogP contribution in [-0.4, -0.2) is 27.2 Å². The Bertz CT molecular complexity index is 619. The topological polar surface area (TPSA) is 56.5 Å². The highest BCUT2D eigenvalue weighted by molar-refractivity contribution is 6.36. The molecule has 18 heavy (non-hydrogen) atoms. The Balaban J connectivity index is 2.09. The molecule has 3 rings (SSSR count). The first-order chi connectivity index (χ1) is 8.72. The highest BCUT2D eigenvalue weighted by Crippen LogP contribution is 2.39. The second-order valence-corrected chi connectivity index (χ2v) is 4.67. The van der Waals surface area contributed by atoms with Crippen LogP contribution in [0.1, 0.15) is 41.9 Å². The molecular formula is C12H12ClN3O2. The molecule has 1 aliphatic carbocycles. The molecule has 2 heterocycles. The number of hydrogen-bond donors (Lipinski definition) is 0. The zero-order valence-corrected chi connectivity index (χ0v) is 10.6. The van der Waals surface area contributed by atoms with E-state index in [1.54, 1.807) is 19.2 Å². The Morgan fingerprint density at radius 2 is 2.33 bits per heavy atom. The lowest BCUT2D eigenvalue weighted by Crippen LogP contribution is -2.06. The van der Waals surface area contributed by atoms with Gasteiger partial charge in [-0.25, -0.2) is 4.79 Å². The first kappa shape index (κ1) is 11.5. The van der Waals surface area contributed by atoms with Gasteiger partial charge in [0.05, 0.1) is 12.2 Å². The van der Waals surface area contributed by atoms with Gasteiger partial charge in [-0.05, 0) is 25.8 Å². The molecule has 1 saturated carbocycles. The molecule has 0 unspecified atom stereocenters. The standard InChI is InChI=1S/C12H12ClN3O2/c1-2-18-12(17)8-5-6-16-10(7-3-4-7)14-15-11(16)9(8)13/h5-7H,2-4H2,1H3. The van der Waals surface area contributed by atoms with Crippen LogP contribution >= 0.6 is 11.6 Å². The average molecular weight is 266 g/mol. The molecule has 0 amide bonds. The van der Waals surface area contributed by atoms with Crippen LogP contribution in [-0.2, 0) is 4.74 Å². The normalized spacial score (nSPS) is 15.0. The van der Waals surface area contributed by atoms with Gasteiger partial charge in [0.25, 0.3) is 0 Å². The molecule has 94 valence electrons. The van der Waals surface area contributed by atoms with Crippen LogP contribution in [0, 0.1) is 0 Å². The van der Waals surface area contributed by atoms with E-state index in [2.05, 4.69) is 10.2 Å². The van der Waals surface area contributed by atoms with Gasteiger partial charge < -0.3 is 4.74 Å². The summed E-state index contributed by atoms with van der Waals surface area (Å²) in [6.07, 6.45) is 4.05. The highest BCUT2D eigenvalue weighted by atomic mass is 35.5. The van der Waals surface area contributed by atoms with E-state index in [-0.39, 0.29) is 0 Å². The fourth-order valence-corrected chi connectivity index (χ4v) is 2.20. The highest BCUT2D eigenvalue weighted by Gasteiger charge is 2.29. The number of halogens is 1. The maximum absolute atomic E-state index is 11.7. The second-order valence-electron chi connectivity index (χ2n) is 4.29. The van der Waals surface area contributed by atoms with Gasteiger partial charge in [0.15, 0.2) is 5.65 Å². The van der Waals surface area contributed by atoms with E-state index in [9.17, 15) is 4.79 Å². The molecule has 6 heteroatoms. The molecule has 0 radical (unpaired) electrons. The van der Waals surface area contributed by atoms with E-state index in [4.69, 9.17) is 16.3 Å². The van der Waals surface area contributed by atoms with E-state index in [0.29, 0.717) is 28.8 Å². The summed E-state index contributed by atoms with van der Waals surface area (Å²) in [5.41, 5.74) is 0.852. The largest absolute Gasteiger partial charge is 0.462 e. The summed E-state index contributed by atoms with van der Waals surface area (Å²) in [5.74, 6) is 0.966. The van der Waals surface area contributed by atoms with Crippen molar-refractivity contribution in [3.8, 4) is 0 Å². The molecule has 1 fully saturated rings. The van der Waals surface area contributed by atoms with Crippen molar-refractivity contribution in [3.05, 3.63) is 28.7 Å². The predicted molar refractivity (Wildman–Crippen MR) is 65.9 cm³/mol. The van der Waals surface area contributed by atoms with Crippen molar-refractivity contribution < 1.29 is 9.53 Å². The number of nitrogens with zero attached hydrogens (tertiary/aromatic N) is 3. The first-order valence-corrected chi connectivity index (χ1v) is 6.30. The lowest BCUT2D eigenvalue weighted by Gasteiger charge is -2.05. The lowest BCUT2D eigenvalue weighted by atomic mass is 10.2. The SMILES string of the molecule is CCOC(=O)c1ccn2c(C3CC3)nnc2c1Cl. The molecule has 2 aromatic heterocycles. The monoisotopic (exact) mass is 265 g/mol. The third kappa shape index (κ3) is 1.75. The Hall–Kier alpha value is -1.62. The van der Waals surface area contributed by atoms with Crippen molar-refractivity contribution in [1.82, 2.24) is 14.6 Å². The Morgan fingerprint density at radius 3 is 3.00 bits per heavy atom. The van der Waals surface area contributed by atoms with Crippen molar-refractivity contribution in [2.24, 2.45) is 0 Å². The number of ether oxygens (including phenoxy) is 1. The molecular weight excluding hydrogens is 254 g/mol. The fraction of sp³-hybridized carbons (Fsp3) is 0.417. The molecule has 0 spiro atoms. The van der Waals surface area contributed by atoms with Gasteiger partial charge >= 0.3 is 5.97 Å². The van der Waals surface area contributed by atoms with Gasteiger partial charge in [0.1, 0.15) is 10.8 Å². The summed E-state index contributed by atoms with van der Waals surface area (Å²) < 4.78 is 6.79. The number of rotatable bonds is 3. The van der Waals surface area contributed by atoms with Crippen LogP contribution in [0.5, 0.6) is 0 Å². The third-order valence-electron chi connectivity index (χ3n) is 2.98. The average Bonchev–Trinajstić information content (AvgIpc) is 3.10. The maximum Gasteiger partial charge on any atom is 0.339 e. The van der Waals surface area contributed by atoms with Gasteiger partial charge in [0, 0.05) is 12.1 Å². The molecule has 0 aliphatic heterocycles. The summed E-state index contributed by atoms with van der Waals surface area (Å²) in [5, 5.41) is 8.50. The van der Waals surface area contributed by atoms with E-state index < -0.39 is 5.97 Å². The maximum atomic E-state index is 11.7. The smallest absolute Gasteiger partial charge is 0.339 e. The molecule has 1 aliphatic rings. The fourth-order valence-electron chi connectivity index (χ4n) is 1.93. The number of carbonyl (C=O) groups is 1. The molecule has 5 nitrogen and oxygen atoms in total. The van der Waals surface area contributed by atoms with Crippen molar-refractivity contribution in [3.63, 3.8) is 0 Å². The number of aromatic nitrogens is 3. The van der Waals surface area contributed by atoms with E-state index >= 15 is 0 Å². The minimum Gasteiger partial charge on any atom is -0.462 e. The van der Waals surface area contributed by atoms with Gasteiger partial charge in [-0.1, -0.05) is 11.6 Å². The molecule has 0 bridgehead atoms. The van der Waals surface area contributed by atoms with Gasteiger partial charge in [-0.15, -0.1) is 10.2 Å². The van der Waals surface area contributed by atoms with Crippen LogP contribution in [0.25, 0.3) is 5.65 Å². The van der Waals surface area contributed by atoms with Crippen LogP contribution in [0.2, 0.25) is 5.02 Å². The van der Waals surface area contributed by atoms with Gasteiger partial charge in [-0.3, -0.25) is 4.40 Å². The molecule has 0 saturated heterocycles. The number of hydrogen-bond acceptors (Lipinski definition) is 4. The zero-order chi connectivity index (χ0) is 12.7. The predicted octanol–water partition coefficient (Wildman–Crippen LogP) is 2.44.